The van der Waals surface area contributed by atoms with Gasteiger partial charge in [0.2, 0.25) is 11.8 Å². The summed E-state index contributed by atoms with van der Waals surface area (Å²) in [5, 5.41) is 0. The first-order valence-corrected chi connectivity index (χ1v) is 8.71. The summed E-state index contributed by atoms with van der Waals surface area (Å²) in [6.07, 6.45) is 3.44. The highest BCUT2D eigenvalue weighted by Crippen LogP contribution is 2.23. The zero-order valence-electron chi connectivity index (χ0n) is 12.8. The Morgan fingerprint density at radius 1 is 1.23 bits per heavy atom. The summed E-state index contributed by atoms with van der Waals surface area (Å²) < 4.78 is 1.05. The Morgan fingerprint density at radius 2 is 1.86 bits per heavy atom. The van der Waals surface area contributed by atoms with Crippen LogP contribution in [0.4, 0.5) is 0 Å². The molecule has 1 aromatic heterocycles. The number of carbonyl (C=O) groups excluding carboxylic acids is 2. The second kappa shape index (κ2) is 7.89. The molecule has 0 aromatic carbocycles. The molecule has 0 atom stereocenters. The summed E-state index contributed by atoms with van der Waals surface area (Å²) >= 11 is 4.99. The summed E-state index contributed by atoms with van der Waals surface area (Å²) in [7, 11) is 3.76. The van der Waals surface area contributed by atoms with Crippen molar-refractivity contribution >= 4 is 45.2 Å². The van der Waals surface area contributed by atoms with Crippen molar-refractivity contribution in [1.82, 2.24) is 14.7 Å². The average Bonchev–Trinajstić information content (AvgIpc) is 2.90. The van der Waals surface area contributed by atoms with E-state index in [9.17, 15) is 9.59 Å². The first kappa shape index (κ1) is 17.2. The van der Waals surface area contributed by atoms with Gasteiger partial charge in [0.15, 0.2) is 0 Å². The highest BCUT2D eigenvalue weighted by atomic mass is 79.9. The number of nitrogens with zero attached hydrogens (tertiary/aromatic N) is 3. The molecule has 1 aromatic rings. The number of halogens is 1. The van der Waals surface area contributed by atoms with Crippen molar-refractivity contribution in [2.45, 2.75) is 0 Å². The van der Waals surface area contributed by atoms with E-state index < -0.39 is 0 Å². The number of hydrogen-bond donors (Lipinski definition) is 0. The van der Waals surface area contributed by atoms with Gasteiger partial charge in [-0.25, -0.2) is 0 Å². The molecule has 0 saturated carbocycles. The zero-order chi connectivity index (χ0) is 16.1. The number of hydrogen-bond acceptors (Lipinski definition) is 4. The smallest absolute Gasteiger partial charge is 0.246 e. The molecule has 120 valence electrons. The molecule has 1 aliphatic heterocycles. The van der Waals surface area contributed by atoms with Crippen LogP contribution in [0.15, 0.2) is 22.0 Å². The molecule has 2 rings (SSSR count). The summed E-state index contributed by atoms with van der Waals surface area (Å²) in [6.45, 7) is 2.82. The molecule has 22 heavy (non-hydrogen) atoms. The molecule has 1 fully saturated rings. The Morgan fingerprint density at radius 3 is 2.41 bits per heavy atom. The zero-order valence-corrected chi connectivity index (χ0v) is 15.2. The van der Waals surface area contributed by atoms with E-state index in [2.05, 4.69) is 15.9 Å². The van der Waals surface area contributed by atoms with Crippen LogP contribution in [-0.2, 0) is 9.59 Å². The van der Waals surface area contributed by atoms with Crippen LogP contribution in [0.1, 0.15) is 4.88 Å². The Bertz CT molecular complexity index is 563. The molecule has 2 amide bonds. The third kappa shape index (κ3) is 4.93. The summed E-state index contributed by atoms with van der Waals surface area (Å²) in [6, 6.07) is 3.93. The molecular formula is C15H20BrN3O2S. The van der Waals surface area contributed by atoms with Gasteiger partial charge in [0.25, 0.3) is 0 Å². The van der Waals surface area contributed by atoms with Gasteiger partial charge in [-0.15, -0.1) is 11.3 Å². The van der Waals surface area contributed by atoms with Crippen LogP contribution in [-0.4, -0.2) is 73.3 Å². The fourth-order valence-electron chi connectivity index (χ4n) is 2.22. The number of carbonyl (C=O) groups is 2. The third-order valence-electron chi connectivity index (χ3n) is 3.38. The van der Waals surface area contributed by atoms with Crippen molar-refractivity contribution in [3.8, 4) is 0 Å². The van der Waals surface area contributed by atoms with Crippen LogP contribution in [0.5, 0.6) is 0 Å². The van der Waals surface area contributed by atoms with Crippen LogP contribution < -0.4 is 0 Å². The SMILES string of the molecule is CN(C)CC(=O)N1CCN(C(=O)/C=C/c2ccc(Br)s2)CC1. The van der Waals surface area contributed by atoms with E-state index >= 15 is 0 Å². The Hall–Kier alpha value is -1.18. The van der Waals surface area contributed by atoms with E-state index in [1.54, 1.807) is 22.3 Å². The van der Waals surface area contributed by atoms with Crippen molar-refractivity contribution in [2.24, 2.45) is 0 Å². The lowest BCUT2D eigenvalue weighted by Gasteiger charge is -2.34. The molecule has 0 spiro atoms. The summed E-state index contributed by atoms with van der Waals surface area (Å²) in [5.74, 6) is 0.125. The lowest BCUT2D eigenvalue weighted by molar-refractivity contribution is -0.137. The van der Waals surface area contributed by atoms with Crippen LogP contribution in [0.25, 0.3) is 6.08 Å². The molecule has 7 heteroatoms. The molecule has 0 N–H and O–H groups in total. The van der Waals surface area contributed by atoms with Gasteiger partial charge < -0.3 is 14.7 Å². The van der Waals surface area contributed by atoms with Gasteiger partial charge >= 0.3 is 0 Å². The molecule has 1 saturated heterocycles. The van der Waals surface area contributed by atoms with Gasteiger partial charge in [-0.2, -0.15) is 0 Å². The number of amides is 2. The van der Waals surface area contributed by atoms with E-state index in [0.29, 0.717) is 32.7 Å². The molecule has 5 nitrogen and oxygen atoms in total. The van der Waals surface area contributed by atoms with Crippen molar-refractivity contribution in [1.29, 1.82) is 0 Å². The normalized spacial score (nSPS) is 15.8. The molecular weight excluding hydrogens is 366 g/mol. The monoisotopic (exact) mass is 385 g/mol. The van der Waals surface area contributed by atoms with Gasteiger partial charge in [-0.1, -0.05) is 0 Å². The minimum atomic E-state index is 0.00392. The Balaban J connectivity index is 1.82. The largest absolute Gasteiger partial charge is 0.338 e. The second-order valence-electron chi connectivity index (χ2n) is 5.42. The number of thiophene rings is 1. The van der Waals surface area contributed by atoms with E-state index in [1.807, 2.05) is 42.1 Å². The molecule has 0 unspecified atom stereocenters. The minimum absolute atomic E-state index is 0.00392. The predicted octanol–water partition coefficient (Wildman–Crippen LogP) is 1.76. The van der Waals surface area contributed by atoms with E-state index in [-0.39, 0.29) is 11.8 Å². The fourth-order valence-corrected chi connectivity index (χ4v) is 3.55. The van der Waals surface area contributed by atoms with Gasteiger partial charge in [-0.3, -0.25) is 9.59 Å². The van der Waals surface area contributed by atoms with Crippen molar-refractivity contribution in [2.75, 3.05) is 46.8 Å². The molecule has 0 aliphatic carbocycles. The predicted molar refractivity (Wildman–Crippen MR) is 92.8 cm³/mol. The summed E-state index contributed by atoms with van der Waals surface area (Å²) in [5.41, 5.74) is 0. The Labute approximate surface area is 143 Å². The maximum absolute atomic E-state index is 12.2. The van der Waals surface area contributed by atoms with Gasteiger partial charge in [-0.05, 0) is 48.2 Å². The third-order valence-corrected chi connectivity index (χ3v) is 4.97. The topological polar surface area (TPSA) is 43.9 Å². The van der Waals surface area contributed by atoms with E-state index in [4.69, 9.17) is 0 Å². The second-order valence-corrected chi connectivity index (χ2v) is 7.91. The summed E-state index contributed by atoms with van der Waals surface area (Å²) in [4.78, 5) is 30.6. The highest BCUT2D eigenvalue weighted by molar-refractivity contribution is 9.11. The van der Waals surface area contributed by atoms with Crippen LogP contribution in [0.2, 0.25) is 0 Å². The number of piperazine rings is 1. The van der Waals surface area contributed by atoms with Crippen molar-refractivity contribution < 1.29 is 9.59 Å². The average molecular weight is 386 g/mol. The van der Waals surface area contributed by atoms with Crippen LogP contribution >= 0.6 is 27.3 Å². The standard InChI is InChI=1S/C15H20BrN3O2S/c1-17(2)11-15(21)19-9-7-18(8-10-19)14(20)6-4-12-3-5-13(16)22-12/h3-6H,7-11H2,1-2H3/b6-4+. The van der Waals surface area contributed by atoms with Crippen LogP contribution in [0, 0.1) is 0 Å². The molecule has 0 radical (unpaired) electrons. The minimum Gasteiger partial charge on any atom is -0.338 e. The molecule has 1 aliphatic rings. The van der Waals surface area contributed by atoms with E-state index in [0.717, 1.165) is 8.66 Å². The Kier molecular flexibility index (Phi) is 6.16. The highest BCUT2D eigenvalue weighted by Gasteiger charge is 2.23. The maximum Gasteiger partial charge on any atom is 0.246 e. The molecule has 0 bridgehead atoms. The quantitative estimate of drug-likeness (QED) is 0.741. The fraction of sp³-hybridized carbons (Fsp3) is 0.467. The number of likely N-dealkylation sites (N-methyl/N-ethyl adjacent to an activating group) is 1. The lowest BCUT2D eigenvalue weighted by atomic mass is 10.3. The van der Waals surface area contributed by atoms with Crippen molar-refractivity contribution in [3.63, 3.8) is 0 Å². The van der Waals surface area contributed by atoms with Gasteiger partial charge in [0.1, 0.15) is 0 Å². The molecule has 2 heterocycles. The van der Waals surface area contributed by atoms with Gasteiger partial charge in [0.05, 0.1) is 10.3 Å². The lowest BCUT2D eigenvalue weighted by Crippen LogP contribution is -2.51. The van der Waals surface area contributed by atoms with Crippen LogP contribution in [0.3, 0.4) is 0 Å². The first-order valence-electron chi connectivity index (χ1n) is 7.10. The van der Waals surface area contributed by atoms with Gasteiger partial charge in [0, 0.05) is 37.1 Å². The van der Waals surface area contributed by atoms with Crippen molar-refractivity contribution in [3.05, 3.63) is 26.9 Å². The van der Waals surface area contributed by atoms with E-state index in [1.165, 1.54) is 0 Å². The first-order chi connectivity index (χ1) is 10.5. The number of rotatable bonds is 4. The maximum atomic E-state index is 12.2.